The van der Waals surface area contributed by atoms with Crippen LogP contribution in [0.2, 0.25) is 0 Å². The third-order valence-corrected chi connectivity index (χ3v) is 8.41. The number of likely N-dealkylation sites (N-methyl/N-ethyl adjacent to an activating group) is 1. The van der Waals surface area contributed by atoms with Crippen LogP contribution in [0.4, 0.5) is 0 Å². The second-order valence-corrected chi connectivity index (χ2v) is 9.10. The molecule has 1 aromatic carbocycles. The lowest BCUT2D eigenvalue weighted by Gasteiger charge is -2.26. The summed E-state index contributed by atoms with van der Waals surface area (Å²) in [5.41, 5.74) is 1.18. The van der Waals surface area contributed by atoms with Gasteiger partial charge in [0.1, 0.15) is 0 Å². The Balaban J connectivity index is 2.32. The number of hydrogen-bond donors (Lipinski definition) is 0. The van der Waals surface area contributed by atoms with E-state index in [-0.39, 0.29) is 12.1 Å². The Morgan fingerprint density at radius 1 is 1.41 bits per heavy atom. The van der Waals surface area contributed by atoms with Crippen molar-refractivity contribution in [3.63, 3.8) is 0 Å². The van der Waals surface area contributed by atoms with Crippen LogP contribution in [0.15, 0.2) is 42.1 Å². The first-order valence-corrected chi connectivity index (χ1v) is 8.64. The van der Waals surface area contributed by atoms with Crippen LogP contribution in [0, 0.1) is 0 Å². The normalized spacial score (nSPS) is 33.9. The van der Waals surface area contributed by atoms with Crippen molar-refractivity contribution in [2.24, 2.45) is 0 Å². The Kier molecular flexibility index (Phi) is 3.45. The maximum absolute atomic E-state index is 6.64. The van der Waals surface area contributed by atoms with E-state index in [1.807, 2.05) is 32.2 Å². The molecular formula is C13H18ClNOSi. The number of nitrogens with zero attached hydrogens (tertiary/aromatic N) is 1. The molecule has 4 heteroatoms. The standard InChI is InChI=1S/C13H18ClNOSi/c1-10(2)17(14)15(4)11(3)13(16-17)12-8-6-5-7-9-12/h5-9,11,13H,1H2,2-4H3/t11-,13+,17?/m1/s1. The highest BCUT2D eigenvalue weighted by atomic mass is 35.6. The van der Waals surface area contributed by atoms with Crippen molar-refractivity contribution in [3.05, 3.63) is 47.7 Å². The molecule has 1 aliphatic heterocycles. The predicted molar refractivity (Wildman–Crippen MR) is 73.9 cm³/mol. The fraction of sp³-hybridized carbons (Fsp3) is 0.385. The third kappa shape index (κ3) is 2.08. The van der Waals surface area contributed by atoms with E-state index in [0.29, 0.717) is 0 Å². The monoisotopic (exact) mass is 267 g/mol. The first-order chi connectivity index (χ1) is 7.97. The minimum absolute atomic E-state index is 0.0436. The highest BCUT2D eigenvalue weighted by Crippen LogP contribution is 2.41. The molecule has 1 unspecified atom stereocenters. The molecule has 1 fully saturated rings. The molecule has 1 heterocycles. The van der Waals surface area contributed by atoms with Gasteiger partial charge >= 0.3 is 7.79 Å². The molecule has 0 saturated carbocycles. The number of halogens is 1. The average molecular weight is 268 g/mol. The lowest BCUT2D eigenvalue weighted by atomic mass is 10.0. The number of allylic oxidation sites excluding steroid dienone is 1. The predicted octanol–water partition coefficient (Wildman–Crippen LogP) is 3.37. The molecule has 2 nitrogen and oxygen atoms in total. The van der Waals surface area contributed by atoms with E-state index in [4.69, 9.17) is 15.5 Å². The molecule has 0 aromatic heterocycles. The second-order valence-electron chi connectivity index (χ2n) is 4.64. The lowest BCUT2D eigenvalue weighted by molar-refractivity contribution is 0.208. The van der Waals surface area contributed by atoms with Crippen molar-refractivity contribution in [2.75, 3.05) is 7.05 Å². The fourth-order valence-electron chi connectivity index (χ4n) is 2.21. The summed E-state index contributed by atoms with van der Waals surface area (Å²) in [6.07, 6.45) is 0.0436. The quantitative estimate of drug-likeness (QED) is 0.602. The van der Waals surface area contributed by atoms with Crippen LogP contribution in [0.1, 0.15) is 25.5 Å². The molecule has 92 valence electrons. The topological polar surface area (TPSA) is 12.5 Å². The Labute approximate surface area is 109 Å². The SMILES string of the molecule is C=C(C)[Si]1(Cl)O[C@H](c2ccccc2)[C@@H](C)N1C. The van der Waals surface area contributed by atoms with Gasteiger partial charge in [-0.25, -0.2) is 0 Å². The van der Waals surface area contributed by atoms with Crippen molar-refractivity contribution in [1.29, 1.82) is 0 Å². The van der Waals surface area contributed by atoms with Crippen molar-refractivity contribution in [3.8, 4) is 0 Å². The molecule has 0 radical (unpaired) electrons. The van der Waals surface area contributed by atoms with Gasteiger partial charge in [0, 0.05) is 6.04 Å². The zero-order valence-electron chi connectivity index (χ0n) is 10.5. The van der Waals surface area contributed by atoms with Gasteiger partial charge in [0.25, 0.3) is 0 Å². The maximum atomic E-state index is 6.64. The van der Waals surface area contributed by atoms with E-state index in [1.54, 1.807) is 0 Å². The fourth-order valence-corrected chi connectivity index (χ4v) is 5.25. The van der Waals surface area contributed by atoms with Gasteiger partial charge in [-0.05, 0) is 31.7 Å². The van der Waals surface area contributed by atoms with Crippen LogP contribution in [-0.2, 0) is 4.43 Å². The van der Waals surface area contributed by atoms with Gasteiger partial charge in [-0.15, -0.1) is 11.1 Å². The third-order valence-electron chi connectivity index (χ3n) is 3.44. The molecule has 17 heavy (non-hydrogen) atoms. The maximum Gasteiger partial charge on any atom is 0.403 e. The average Bonchev–Trinajstić information content (AvgIpc) is 2.56. The highest BCUT2D eigenvalue weighted by Gasteiger charge is 2.52. The van der Waals surface area contributed by atoms with E-state index < -0.39 is 7.79 Å². The largest absolute Gasteiger partial charge is 0.403 e. The van der Waals surface area contributed by atoms with E-state index >= 15 is 0 Å². The summed E-state index contributed by atoms with van der Waals surface area (Å²) < 4.78 is 8.31. The Bertz CT molecular complexity index is 425. The smallest absolute Gasteiger partial charge is 0.380 e. The van der Waals surface area contributed by atoms with Crippen molar-refractivity contribution in [2.45, 2.75) is 26.0 Å². The minimum Gasteiger partial charge on any atom is -0.380 e. The van der Waals surface area contributed by atoms with Crippen LogP contribution < -0.4 is 0 Å². The van der Waals surface area contributed by atoms with E-state index in [2.05, 4.69) is 30.2 Å². The van der Waals surface area contributed by atoms with Gasteiger partial charge in [-0.1, -0.05) is 36.9 Å². The summed E-state index contributed by atoms with van der Waals surface area (Å²) in [6.45, 7) is 8.09. The summed E-state index contributed by atoms with van der Waals surface area (Å²) in [5.74, 6) is 0. The summed E-state index contributed by atoms with van der Waals surface area (Å²) in [6, 6.07) is 10.5. The number of benzene rings is 1. The summed E-state index contributed by atoms with van der Waals surface area (Å²) in [4.78, 5) is 0. The minimum atomic E-state index is -2.46. The van der Waals surface area contributed by atoms with Gasteiger partial charge in [0.05, 0.1) is 6.10 Å². The Morgan fingerprint density at radius 3 is 2.47 bits per heavy atom. The molecule has 1 aliphatic rings. The number of rotatable bonds is 2. The van der Waals surface area contributed by atoms with Gasteiger partial charge in [-0.3, -0.25) is 4.57 Å². The summed E-state index contributed by atoms with van der Waals surface area (Å²) in [5, 5.41) is 0.951. The van der Waals surface area contributed by atoms with Crippen LogP contribution in [0.25, 0.3) is 0 Å². The molecule has 0 aliphatic carbocycles. The first-order valence-electron chi connectivity index (χ1n) is 5.77. The van der Waals surface area contributed by atoms with Crippen LogP contribution in [-0.4, -0.2) is 25.4 Å². The Hall–Kier alpha value is -0.613. The first kappa shape index (κ1) is 12.8. The zero-order valence-corrected chi connectivity index (χ0v) is 12.2. The molecule has 1 saturated heterocycles. The Morgan fingerprint density at radius 2 is 2.00 bits per heavy atom. The molecule has 1 aromatic rings. The number of hydrogen-bond acceptors (Lipinski definition) is 2. The molecule has 3 atom stereocenters. The molecule has 0 N–H and O–H groups in total. The van der Waals surface area contributed by atoms with Crippen molar-refractivity contribution in [1.82, 2.24) is 4.57 Å². The van der Waals surface area contributed by atoms with Crippen LogP contribution >= 0.6 is 11.1 Å². The molecule has 0 spiro atoms. The van der Waals surface area contributed by atoms with Gasteiger partial charge in [0.2, 0.25) is 0 Å². The lowest BCUT2D eigenvalue weighted by Crippen LogP contribution is -2.46. The second kappa shape index (κ2) is 4.57. The molecule has 0 bridgehead atoms. The van der Waals surface area contributed by atoms with Gasteiger partial charge in [0.15, 0.2) is 0 Å². The highest BCUT2D eigenvalue weighted by molar-refractivity contribution is 7.19. The van der Waals surface area contributed by atoms with E-state index in [9.17, 15) is 0 Å². The van der Waals surface area contributed by atoms with E-state index in [1.165, 1.54) is 5.56 Å². The van der Waals surface area contributed by atoms with Gasteiger partial charge in [-0.2, -0.15) is 0 Å². The molecule has 0 amide bonds. The van der Waals surface area contributed by atoms with Crippen molar-refractivity contribution >= 4 is 18.9 Å². The molecule has 2 rings (SSSR count). The molecular weight excluding hydrogens is 250 g/mol. The van der Waals surface area contributed by atoms with Crippen LogP contribution in [0.3, 0.4) is 0 Å². The van der Waals surface area contributed by atoms with Crippen LogP contribution in [0.5, 0.6) is 0 Å². The van der Waals surface area contributed by atoms with Crippen molar-refractivity contribution < 1.29 is 4.43 Å². The van der Waals surface area contributed by atoms with E-state index in [0.717, 1.165) is 5.20 Å². The summed E-state index contributed by atoms with van der Waals surface area (Å²) in [7, 11) is -0.436. The zero-order chi connectivity index (χ0) is 12.6. The van der Waals surface area contributed by atoms with Gasteiger partial charge < -0.3 is 4.43 Å². The summed E-state index contributed by atoms with van der Waals surface area (Å²) >= 11 is 6.64.